The molecule has 9 heteroatoms. The molecule has 3 aromatic rings. The van der Waals surface area contributed by atoms with E-state index in [1.165, 1.54) is 23.0 Å². The van der Waals surface area contributed by atoms with Gasteiger partial charge in [-0.1, -0.05) is 41.7 Å². The second kappa shape index (κ2) is 11.0. The molecule has 0 aliphatic carbocycles. The van der Waals surface area contributed by atoms with Gasteiger partial charge in [-0.3, -0.25) is 9.69 Å². The van der Waals surface area contributed by atoms with Gasteiger partial charge in [-0.05, 0) is 67.7 Å². The summed E-state index contributed by atoms with van der Waals surface area (Å²) in [6.45, 7) is 4.74. The van der Waals surface area contributed by atoms with Gasteiger partial charge in [0.1, 0.15) is 5.82 Å². The van der Waals surface area contributed by atoms with E-state index >= 15 is 0 Å². The molecule has 1 aromatic heterocycles. The third-order valence-electron chi connectivity index (χ3n) is 5.82. The molecule has 1 fully saturated rings. The van der Waals surface area contributed by atoms with Crippen molar-refractivity contribution >= 4 is 40.3 Å². The number of aromatic nitrogens is 2. The van der Waals surface area contributed by atoms with E-state index in [1.807, 2.05) is 22.9 Å². The van der Waals surface area contributed by atoms with Crippen LogP contribution in [0.1, 0.15) is 24.0 Å². The van der Waals surface area contributed by atoms with Gasteiger partial charge in [0.2, 0.25) is 11.0 Å². The Balaban J connectivity index is 1.23. The average molecular weight is 486 g/mol. The number of nitrogens with one attached hydrogen (secondary N) is 2. The van der Waals surface area contributed by atoms with E-state index in [4.69, 9.17) is 12.2 Å². The molecule has 0 saturated carbocycles. The third-order valence-corrected chi connectivity index (χ3v) is 7.04. The number of carbonyl (C=O) groups excluding carboxylic acids is 1. The molecule has 0 unspecified atom stereocenters. The Morgan fingerprint density at radius 1 is 1.21 bits per heavy atom. The topological polar surface area (TPSA) is 62.2 Å². The first kappa shape index (κ1) is 23.5. The summed E-state index contributed by atoms with van der Waals surface area (Å²) in [5.41, 5.74) is 2.80. The molecule has 0 atom stereocenters. The van der Waals surface area contributed by atoms with Gasteiger partial charge in [-0.2, -0.15) is 0 Å². The summed E-state index contributed by atoms with van der Waals surface area (Å²) in [6.07, 6.45) is 2.08. The van der Waals surface area contributed by atoms with Crippen LogP contribution in [0, 0.1) is 22.6 Å². The Hall–Kier alpha value is -2.62. The minimum absolute atomic E-state index is 0.0103. The predicted octanol–water partition coefficient (Wildman–Crippen LogP) is 4.89. The van der Waals surface area contributed by atoms with Crippen LogP contribution in [-0.2, 0) is 17.9 Å². The Kier molecular flexibility index (Phi) is 7.85. The van der Waals surface area contributed by atoms with Crippen molar-refractivity contribution in [3.63, 3.8) is 0 Å². The lowest BCUT2D eigenvalue weighted by molar-refractivity contribution is -0.126. The number of benzene rings is 2. The fourth-order valence-electron chi connectivity index (χ4n) is 3.98. The molecule has 1 aliphatic heterocycles. The van der Waals surface area contributed by atoms with Crippen molar-refractivity contribution in [3.8, 4) is 0 Å². The molecule has 6 nitrogen and oxygen atoms in total. The van der Waals surface area contributed by atoms with Crippen molar-refractivity contribution in [1.29, 1.82) is 0 Å². The zero-order valence-electron chi connectivity index (χ0n) is 18.6. The Morgan fingerprint density at radius 3 is 2.76 bits per heavy atom. The van der Waals surface area contributed by atoms with Gasteiger partial charge in [-0.25, -0.2) is 9.07 Å². The first-order valence-corrected chi connectivity index (χ1v) is 12.4. The van der Waals surface area contributed by atoms with Crippen LogP contribution in [-0.4, -0.2) is 40.2 Å². The van der Waals surface area contributed by atoms with Crippen LogP contribution in [0.5, 0.6) is 0 Å². The van der Waals surface area contributed by atoms with E-state index in [-0.39, 0.29) is 17.6 Å². The van der Waals surface area contributed by atoms with Crippen molar-refractivity contribution in [1.82, 2.24) is 20.0 Å². The van der Waals surface area contributed by atoms with Crippen LogP contribution in [0.3, 0.4) is 0 Å². The minimum Gasteiger partial charge on any atom is -0.356 e. The quantitative estimate of drug-likeness (QED) is 0.445. The molecule has 0 bridgehead atoms. The van der Waals surface area contributed by atoms with E-state index in [0.717, 1.165) is 40.7 Å². The first-order chi connectivity index (χ1) is 16.0. The number of amides is 1. The Labute approximate surface area is 202 Å². The van der Waals surface area contributed by atoms with E-state index in [0.29, 0.717) is 25.2 Å². The number of anilines is 2. The third kappa shape index (κ3) is 6.46. The number of nitrogens with zero attached hydrogens (tertiary/aromatic N) is 3. The lowest BCUT2D eigenvalue weighted by Gasteiger charge is -2.30. The Bertz CT molecular complexity index is 1150. The summed E-state index contributed by atoms with van der Waals surface area (Å²) in [5, 5.41) is 11.7. The number of piperidine rings is 1. The summed E-state index contributed by atoms with van der Waals surface area (Å²) in [5.74, 6) is -0.178. The van der Waals surface area contributed by atoms with Crippen molar-refractivity contribution in [3.05, 3.63) is 69.4 Å². The normalized spacial score (nSPS) is 14.8. The maximum atomic E-state index is 13.7. The number of hydrogen-bond acceptors (Lipinski definition) is 6. The van der Waals surface area contributed by atoms with Gasteiger partial charge < -0.3 is 10.6 Å². The second-order valence-corrected chi connectivity index (χ2v) is 9.96. The molecule has 4 rings (SSSR count). The van der Waals surface area contributed by atoms with Gasteiger partial charge in [0, 0.05) is 31.2 Å². The van der Waals surface area contributed by atoms with Gasteiger partial charge in [0.05, 0.1) is 6.67 Å². The molecule has 1 aliphatic rings. The number of halogens is 1. The molecule has 33 heavy (non-hydrogen) atoms. The van der Waals surface area contributed by atoms with E-state index in [1.54, 1.807) is 12.1 Å². The van der Waals surface area contributed by atoms with E-state index in [2.05, 4.69) is 39.7 Å². The molecule has 2 N–H and O–H groups in total. The zero-order valence-corrected chi connectivity index (χ0v) is 20.2. The monoisotopic (exact) mass is 485 g/mol. The van der Waals surface area contributed by atoms with Gasteiger partial charge in [0.25, 0.3) is 0 Å². The highest BCUT2D eigenvalue weighted by Crippen LogP contribution is 2.23. The van der Waals surface area contributed by atoms with Crippen molar-refractivity contribution in [2.24, 2.45) is 5.92 Å². The molecule has 2 heterocycles. The molecule has 2 aromatic carbocycles. The fraction of sp³-hybridized carbons (Fsp3) is 0.375. The van der Waals surface area contributed by atoms with Crippen LogP contribution in [0.4, 0.5) is 15.2 Å². The maximum Gasteiger partial charge on any atom is 0.223 e. The smallest absolute Gasteiger partial charge is 0.223 e. The molecule has 0 spiro atoms. The predicted molar refractivity (Wildman–Crippen MR) is 133 cm³/mol. The van der Waals surface area contributed by atoms with Crippen LogP contribution >= 0.6 is 23.6 Å². The summed E-state index contributed by atoms with van der Waals surface area (Å²) >= 11 is 6.96. The van der Waals surface area contributed by atoms with Crippen molar-refractivity contribution in [2.75, 3.05) is 25.0 Å². The van der Waals surface area contributed by atoms with Gasteiger partial charge in [0.15, 0.2) is 3.95 Å². The lowest BCUT2D eigenvalue weighted by Crippen LogP contribution is -2.41. The lowest BCUT2D eigenvalue weighted by atomic mass is 9.96. The summed E-state index contributed by atoms with van der Waals surface area (Å²) < 4.78 is 16.3. The molecular formula is C24H28FN5OS2. The highest BCUT2D eigenvalue weighted by atomic mass is 32.1. The highest BCUT2D eigenvalue weighted by molar-refractivity contribution is 7.73. The van der Waals surface area contributed by atoms with Crippen molar-refractivity contribution < 1.29 is 9.18 Å². The molecule has 0 radical (unpaired) electrons. The number of hydrogen-bond donors (Lipinski definition) is 2. The summed E-state index contributed by atoms with van der Waals surface area (Å²) in [4.78, 5) is 14.8. The van der Waals surface area contributed by atoms with E-state index in [9.17, 15) is 9.18 Å². The second-order valence-electron chi connectivity index (χ2n) is 8.33. The Morgan fingerprint density at radius 2 is 2.00 bits per heavy atom. The van der Waals surface area contributed by atoms with Crippen LogP contribution in [0.25, 0.3) is 0 Å². The summed E-state index contributed by atoms with van der Waals surface area (Å²) in [6, 6.07) is 14.8. The first-order valence-electron chi connectivity index (χ1n) is 11.1. The maximum absolute atomic E-state index is 13.7. The summed E-state index contributed by atoms with van der Waals surface area (Å²) in [7, 11) is 0. The molecular weight excluding hydrogens is 457 g/mol. The largest absolute Gasteiger partial charge is 0.356 e. The standard InChI is InChI=1S/C24H28FN5OS2/c1-17-5-4-7-20(15-17)27-23-28-30(24(32)33-23)16-29-13-10-19(11-14-29)22(31)26-12-9-18-6-2-3-8-21(18)25/h2-8,15,19H,9-14,16H2,1H3,(H,26,31)(H,27,28). The van der Waals surface area contributed by atoms with Crippen LogP contribution in [0.15, 0.2) is 48.5 Å². The number of carbonyl (C=O) groups is 1. The van der Waals surface area contributed by atoms with Gasteiger partial charge >= 0.3 is 0 Å². The molecule has 1 amide bonds. The fourth-order valence-corrected chi connectivity index (χ4v) is 5.00. The highest BCUT2D eigenvalue weighted by Gasteiger charge is 2.25. The van der Waals surface area contributed by atoms with Crippen molar-refractivity contribution in [2.45, 2.75) is 32.9 Å². The van der Waals surface area contributed by atoms with Crippen LogP contribution in [0.2, 0.25) is 0 Å². The molecule has 174 valence electrons. The number of aryl methyl sites for hydroxylation is 1. The number of rotatable bonds is 8. The van der Waals surface area contributed by atoms with Crippen LogP contribution < -0.4 is 10.6 Å². The van der Waals surface area contributed by atoms with E-state index < -0.39 is 0 Å². The average Bonchev–Trinajstić information content (AvgIpc) is 3.14. The SMILES string of the molecule is Cc1cccc(Nc2nn(CN3CCC(C(=O)NCCc4ccccc4F)CC3)c(=S)s2)c1. The zero-order chi connectivity index (χ0) is 23.2. The number of likely N-dealkylation sites (tertiary alicyclic amines) is 1. The minimum atomic E-state index is -0.224. The molecule has 1 saturated heterocycles. The van der Waals surface area contributed by atoms with Gasteiger partial charge in [-0.15, -0.1) is 5.10 Å².